The maximum atomic E-state index is 12.5. The largest absolute Gasteiger partial charge is 0.457 e. The smallest absolute Gasteiger partial charge is 0.338 e. The first kappa shape index (κ1) is 19.8. The number of benzene rings is 2. The Balaban J connectivity index is 1.73. The summed E-state index contributed by atoms with van der Waals surface area (Å²) >= 11 is 0. The van der Waals surface area contributed by atoms with Crippen LogP contribution in [0.15, 0.2) is 30.3 Å². The molecule has 2 aromatic rings. The number of aryl methyl sites for hydroxylation is 2. The molecule has 3 rings (SSSR count). The number of anilines is 1. The van der Waals surface area contributed by atoms with Gasteiger partial charge in [0.15, 0.2) is 5.78 Å². The van der Waals surface area contributed by atoms with Gasteiger partial charge in [0, 0.05) is 24.2 Å². The van der Waals surface area contributed by atoms with Gasteiger partial charge in [0.1, 0.15) is 6.61 Å². The molecule has 1 aliphatic heterocycles. The number of hydrogen-bond acceptors (Lipinski definition) is 4. The molecule has 0 aliphatic carbocycles. The Bertz CT molecular complexity index is 944. The van der Waals surface area contributed by atoms with Crippen molar-refractivity contribution < 1.29 is 19.1 Å². The maximum Gasteiger partial charge on any atom is 0.338 e. The van der Waals surface area contributed by atoms with Crippen LogP contribution < -0.4 is 4.90 Å². The molecule has 5 nitrogen and oxygen atoms in total. The van der Waals surface area contributed by atoms with Gasteiger partial charge in [-0.3, -0.25) is 9.59 Å². The van der Waals surface area contributed by atoms with Gasteiger partial charge in [0.05, 0.1) is 5.56 Å². The highest BCUT2D eigenvalue weighted by atomic mass is 16.5. The summed E-state index contributed by atoms with van der Waals surface area (Å²) < 4.78 is 5.51. The molecule has 0 N–H and O–H groups in total. The lowest BCUT2D eigenvalue weighted by atomic mass is 9.92. The van der Waals surface area contributed by atoms with E-state index in [-0.39, 0.29) is 18.3 Å². The van der Waals surface area contributed by atoms with Gasteiger partial charge in [-0.05, 0) is 80.6 Å². The fraction of sp³-hybridized carbons (Fsp3) is 0.348. The summed E-state index contributed by atoms with van der Waals surface area (Å²) in [6.07, 6.45) is 1.43. The molecule has 0 aromatic heterocycles. The van der Waals surface area contributed by atoms with Crippen molar-refractivity contribution in [3.05, 3.63) is 63.7 Å². The zero-order valence-electron chi connectivity index (χ0n) is 16.8. The van der Waals surface area contributed by atoms with E-state index in [0.717, 1.165) is 34.4 Å². The summed E-state index contributed by atoms with van der Waals surface area (Å²) in [4.78, 5) is 38.0. The number of rotatable bonds is 5. The maximum absolute atomic E-state index is 12.5. The molecule has 146 valence electrons. The number of nitrogens with zero attached hydrogens (tertiary/aromatic N) is 1. The molecule has 0 atom stereocenters. The van der Waals surface area contributed by atoms with Gasteiger partial charge in [-0.15, -0.1) is 0 Å². The molecule has 5 heteroatoms. The van der Waals surface area contributed by atoms with Crippen LogP contribution in [0.5, 0.6) is 0 Å². The molecule has 2 aromatic carbocycles. The number of ketones is 1. The quantitative estimate of drug-likeness (QED) is 0.574. The fourth-order valence-corrected chi connectivity index (χ4v) is 3.91. The van der Waals surface area contributed by atoms with E-state index in [9.17, 15) is 14.4 Å². The summed E-state index contributed by atoms with van der Waals surface area (Å²) in [6.45, 7) is 8.14. The molecular weight excluding hydrogens is 354 g/mol. The average molecular weight is 379 g/mol. The minimum absolute atomic E-state index is 0.00891. The number of ether oxygens (including phenoxy) is 1. The SMILES string of the molecule is CC(=O)c1c(C)cc(C)c(COC(=O)c2ccc(N3CCCC3=O)cc2)c1C. The molecule has 1 aliphatic rings. The van der Waals surface area contributed by atoms with E-state index < -0.39 is 5.97 Å². The molecule has 1 amide bonds. The van der Waals surface area contributed by atoms with Gasteiger partial charge < -0.3 is 9.64 Å². The summed E-state index contributed by atoms with van der Waals surface area (Å²) in [5.41, 5.74) is 5.58. The number of esters is 1. The Kier molecular flexibility index (Phi) is 5.63. The Morgan fingerprint density at radius 2 is 1.75 bits per heavy atom. The van der Waals surface area contributed by atoms with Crippen LogP contribution in [0.2, 0.25) is 0 Å². The summed E-state index contributed by atoms with van der Waals surface area (Å²) in [7, 11) is 0. The molecule has 0 saturated carbocycles. The molecule has 0 unspecified atom stereocenters. The van der Waals surface area contributed by atoms with Gasteiger partial charge >= 0.3 is 5.97 Å². The third kappa shape index (κ3) is 3.84. The van der Waals surface area contributed by atoms with E-state index in [2.05, 4.69) is 0 Å². The average Bonchev–Trinajstić information content (AvgIpc) is 3.06. The molecule has 1 fully saturated rings. The van der Waals surface area contributed by atoms with Gasteiger partial charge in [-0.25, -0.2) is 4.79 Å². The second-order valence-electron chi connectivity index (χ2n) is 7.32. The van der Waals surface area contributed by atoms with Crippen LogP contribution in [0, 0.1) is 20.8 Å². The van der Waals surface area contributed by atoms with Crippen molar-refractivity contribution in [1.82, 2.24) is 0 Å². The lowest BCUT2D eigenvalue weighted by Crippen LogP contribution is -2.23. The van der Waals surface area contributed by atoms with Crippen molar-refractivity contribution in [2.45, 2.75) is 47.1 Å². The number of carbonyl (C=O) groups is 3. The molecule has 0 bridgehead atoms. The molecular formula is C23H25NO4. The topological polar surface area (TPSA) is 63.7 Å². The summed E-state index contributed by atoms with van der Waals surface area (Å²) in [5.74, 6) is -0.306. The molecule has 1 saturated heterocycles. The standard InChI is InChI=1S/C23H25NO4/c1-14-12-15(2)22(17(4)25)16(3)20(14)13-28-23(27)18-7-9-19(10-8-18)24-11-5-6-21(24)26/h7-10,12H,5-6,11,13H2,1-4H3. The van der Waals surface area contributed by atoms with Crippen molar-refractivity contribution in [3.63, 3.8) is 0 Å². The predicted octanol–water partition coefficient (Wildman–Crippen LogP) is 4.30. The van der Waals surface area contributed by atoms with Crippen molar-refractivity contribution in [2.24, 2.45) is 0 Å². The number of amides is 1. The predicted molar refractivity (Wildman–Crippen MR) is 108 cm³/mol. The van der Waals surface area contributed by atoms with Gasteiger partial charge in [0.25, 0.3) is 0 Å². The first-order chi connectivity index (χ1) is 13.3. The van der Waals surface area contributed by atoms with Crippen LogP contribution in [0.4, 0.5) is 5.69 Å². The van der Waals surface area contributed by atoms with Crippen LogP contribution in [-0.2, 0) is 16.1 Å². The first-order valence-corrected chi connectivity index (χ1v) is 9.47. The van der Waals surface area contributed by atoms with Crippen molar-refractivity contribution in [2.75, 3.05) is 11.4 Å². The third-order valence-corrected chi connectivity index (χ3v) is 5.32. The van der Waals surface area contributed by atoms with Crippen LogP contribution in [-0.4, -0.2) is 24.2 Å². The highest BCUT2D eigenvalue weighted by Crippen LogP contribution is 2.25. The van der Waals surface area contributed by atoms with E-state index >= 15 is 0 Å². The fourth-order valence-electron chi connectivity index (χ4n) is 3.91. The van der Waals surface area contributed by atoms with Gasteiger partial charge in [-0.1, -0.05) is 6.07 Å². The zero-order valence-corrected chi connectivity index (χ0v) is 16.8. The highest BCUT2D eigenvalue weighted by Gasteiger charge is 2.22. The Morgan fingerprint density at radius 1 is 1.07 bits per heavy atom. The van der Waals surface area contributed by atoms with Crippen molar-refractivity contribution in [3.8, 4) is 0 Å². The summed E-state index contributed by atoms with van der Waals surface area (Å²) in [5, 5.41) is 0. The van der Waals surface area contributed by atoms with E-state index in [4.69, 9.17) is 4.74 Å². The first-order valence-electron chi connectivity index (χ1n) is 9.47. The van der Waals surface area contributed by atoms with E-state index in [1.807, 2.05) is 26.8 Å². The van der Waals surface area contributed by atoms with E-state index in [1.54, 1.807) is 36.1 Å². The molecule has 28 heavy (non-hydrogen) atoms. The van der Waals surface area contributed by atoms with Crippen molar-refractivity contribution in [1.29, 1.82) is 0 Å². The van der Waals surface area contributed by atoms with Crippen molar-refractivity contribution >= 4 is 23.3 Å². The minimum Gasteiger partial charge on any atom is -0.457 e. The van der Waals surface area contributed by atoms with Crippen LogP contribution in [0.1, 0.15) is 62.7 Å². The lowest BCUT2D eigenvalue weighted by molar-refractivity contribution is -0.117. The van der Waals surface area contributed by atoms with Gasteiger partial charge in [0.2, 0.25) is 5.91 Å². The second-order valence-corrected chi connectivity index (χ2v) is 7.32. The Morgan fingerprint density at radius 3 is 2.32 bits per heavy atom. The molecule has 1 heterocycles. The van der Waals surface area contributed by atoms with Crippen LogP contribution in [0.25, 0.3) is 0 Å². The Labute approximate surface area is 165 Å². The molecule has 0 radical (unpaired) electrons. The monoisotopic (exact) mass is 379 g/mol. The molecule has 0 spiro atoms. The van der Waals surface area contributed by atoms with E-state index in [0.29, 0.717) is 24.1 Å². The van der Waals surface area contributed by atoms with Crippen LogP contribution >= 0.6 is 0 Å². The summed E-state index contributed by atoms with van der Waals surface area (Å²) in [6, 6.07) is 8.86. The minimum atomic E-state index is -0.428. The second kappa shape index (κ2) is 7.97. The lowest BCUT2D eigenvalue weighted by Gasteiger charge is -2.17. The third-order valence-electron chi connectivity index (χ3n) is 5.32. The number of hydrogen-bond donors (Lipinski definition) is 0. The number of carbonyl (C=O) groups excluding carboxylic acids is 3. The Hall–Kier alpha value is -2.95. The van der Waals surface area contributed by atoms with Crippen LogP contribution in [0.3, 0.4) is 0 Å². The number of Topliss-reactive ketones (excluding diaryl/α,β-unsaturated/α-hetero) is 1. The van der Waals surface area contributed by atoms with E-state index in [1.165, 1.54) is 0 Å². The normalized spacial score (nSPS) is 13.7. The van der Waals surface area contributed by atoms with Gasteiger partial charge in [-0.2, -0.15) is 0 Å². The zero-order chi connectivity index (χ0) is 20.4. The highest BCUT2D eigenvalue weighted by molar-refractivity contribution is 5.98.